The van der Waals surface area contributed by atoms with Gasteiger partial charge in [0.25, 0.3) is 5.91 Å². The van der Waals surface area contributed by atoms with Gasteiger partial charge in [-0.3, -0.25) is 9.69 Å². The van der Waals surface area contributed by atoms with E-state index in [2.05, 4.69) is 5.32 Å². The van der Waals surface area contributed by atoms with Crippen LogP contribution in [0, 0.1) is 0 Å². The summed E-state index contributed by atoms with van der Waals surface area (Å²) in [5, 5.41) is 2.66. The van der Waals surface area contributed by atoms with Gasteiger partial charge >= 0.3 is 6.03 Å². The summed E-state index contributed by atoms with van der Waals surface area (Å²) < 4.78 is 7.11. The van der Waals surface area contributed by atoms with Gasteiger partial charge in [0.2, 0.25) is 0 Å². The van der Waals surface area contributed by atoms with Crippen LogP contribution in [-0.2, 0) is 11.3 Å². The number of ether oxygens (including phenoxy) is 1. The zero-order chi connectivity index (χ0) is 19.5. The highest BCUT2D eigenvalue weighted by atomic mass is 16.5. The molecule has 0 bridgehead atoms. The van der Waals surface area contributed by atoms with Gasteiger partial charge in [-0.25, -0.2) is 4.79 Å². The van der Waals surface area contributed by atoms with E-state index in [1.165, 1.54) is 4.90 Å². The van der Waals surface area contributed by atoms with Gasteiger partial charge in [0.15, 0.2) is 0 Å². The first-order chi connectivity index (χ1) is 13.6. The molecule has 0 saturated carbocycles. The number of aromatic nitrogens is 1. The number of imide groups is 1. The first kappa shape index (κ1) is 17.6. The van der Waals surface area contributed by atoms with Crippen LogP contribution in [0.1, 0.15) is 11.1 Å². The Bertz CT molecular complexity index is 1040. The van der Waals surface area contributed by atoms with Gasteiger partial charge in [-0.2, -0.15) is 0 Å². The number of urea groups is 1. The van der Waals surface area contributed by atoms with Gasteiger partial charge in [0.1, 0.15) is 11.4 Å². The largest absolute Gasteiger partial charge is 0.497 e. The molecule has 140 valence electrons. The molecule has 1 saturated heterocycles. The molecule has 2 heterocycles. The lowest BCUT2D eigenvalue weighted by Gasteiger charge is -2.11. The highest BCUT2D eigenvalue weighted by Gasteiger charge is 2.33. The minimum atomic E-state index is -0.408. The average Bonchev–Trinajstić information content (AvgIpc) is 3.29. The van der Waals surface area contributed by atoms with Crippen LogP contribution in [0.2, 0.25) is 0 Å². The molecule has 0 aliphatic carbocycles. The van der Waals surface area contributed by atoms with Gasteiger partial charge in [-0.1, -0.05) is 30.3 Å². The highest BCUT2D eigenvalue weighted by Crippen LogP contribution is 2.19. The molecule has 2 aromatic carbocycles. The van der Waals surface area contributed by atoms with E-state index in [0.29, 0.717) is 0 Å². The van der Waals surface area contributed by atoms with Crippen molar-refractivity contribution in [3.8, 4) is 11.4 Å². The molecule has 6 nitrogen and oxygen atoms in total. The number of hydrogen-bond acceptors (Lipinski definition) is 3. The van der Waals surface area contributed by atoms with Crippen LogP contribution in [-0.4, -0.2) is 28.5 Å². The number of carbonyl (C=O) groups excluding carboxylic acids is 2. The molecule has 0 radical (unpaired) electrons. The Morgan fingerprint density at radius 3 is 2.46 bits per heavy atom. The van der Waals surface area contributed by atoms with E-state index in [9.17, 15) is 9.59 Å². The van der Waals surface area contributed by atoms with E-state index in [4.69, 9.17) is 4.74 Å². The number of carbonyl (C=O) groups is 2. The van der Waals surface area contributed by atoms with Gasteiger partial charge < -0.3 is 14.6 Å². The van der Waals surface area contributed by atoms with Crippen LogP contribution in [0.3, 0.4) is 0 Å². The zero-order valence-corrected chi connectivity index (χ0v) is 15.3. The molecule has 4 rings (SSSR count). The van der Waals surface area contributed by atoms with E-state index < -0.39 is 6.03 Å². The van der Waals surface area contributed by atoms with E-state index >= 15 is 0 Å². The van der Waals surface area contributed by atoms with Crippen LogP contribution in [0.5, 0.6) is 5.75 Å². The Morgan fingerprint density at radius 2 is 1.75 bits per heavy atom. The number of amides is 3. The Labute approximate surface area is 162 Å². The number of nitrogens with zero attached hydrogens (tertiary/aromatic N) is 2. The third-order valence-electron chi connectivity index (χ3n) is 4.54. The lowest BCUT2D eigenvalue weighted by molar-refractivity contribution is -0.123. The summed E-state index contributed by atoms with van der Waals surface area (Å²) in [7, 11) is 1.63. The lowest BCUT2D eigenvalue weighted by atomic mass is 10.2. The topological polar surface area (TPSA) is 63.6 Å². The number of hydrogen-bond donors (Lipinski definition) is 1. The summed E-state index contributed by atoms with van der Waals surface area (Å²) in [6.07, 6.45) is 5.48. The number of methoxy groups -OCH3 is 1. The molecule has 1 N–H and O–H groups in total. The van der Waals surface area contributed by atoms with E-state index in [-0.39, 0.29) is 18.1 Å². The number of nitrogens with one attached hydrogen (secondary N) is 1. The maximum absolute atomic E-state index is 12.6. The summed E-state index contributed by atoms with van der Waals surface area (Å²) in [6.45, 7) is 0.246. The molecule has 1 aliphatic heterocycles. The molecule has 6 heteroatoms. The second-order valence-electron chi connectivity index (χ2n) is 6.42. The van der Waals surface area contributed by atoms with E-state index in [1.54, 1.807) is 13.2 Å². The standard InChI is InChI=1S/C22H19N3O3/c1-28-19-9-7-18(8-10-19)24-12-11-17(14-24)13-20-21(26)25(22(27)23-20)15-16-5-3-2-4-6-16/h2-14H,15H2,1H3,(H,23,27)/b20-13+. The van der Waals surface area contributed by atoms with Crippen LogP contribution >= 0.6 is 0 Å². The first-order valence-electron chi connectivity index (χ1n) is 8.85. The van der Waals surface area contributed by atoms with E-state index in [1.807, 2.05) is 77.6 Å². The molecule has 0 spiro atoms. The van der Waals surface area contributed by atoms with Crippen molar-refractivity contribution in [2.45, 2.75) is 6.54 Å². The summed E-state index contributed by atoms with van der Waals surface area (Å²) in [4.78, 5) is 26.0. The van der Waals surface area contributed by atoms with Crippen LogP contribution in [0.25, 0.3) is 11.8 Å². The maximum atomic E-state index is 12.6. The SMILES string of the molecule is COc1ccc(-n2ccc(/C=C3/NC(=O)N(Cc4ccccc4)C3=O)c2)cc1. The van der Waals surface area contributed by atoms with Crippen molar-refractivity contribution in [2.75, 3.05) is 7.11 Å². The monoisotopic (exact) mass is 373 g/mol. The summed E-state index contributed by atoms with van der Waals surface area (Å²) in [5.41, 5.74) is 2.96. The molecule has 3 aromatic rings. The highest BCUT2D eigenvalue weighted by molar-refractivity contribution is 6.13. The lowest BCUT2D eigenvalue weighted by Crippen LogP contribution is -2.30. The molecule has 0 unspecified atom stereocenters. The summed E-state index contributed by atoms with van der Waals surface area (Å²) >= 11 is 0. The second-order valence-corrected chi connectivity index (χ2v) is 6.42. The van der Waals surface area contributed by atoms with Gasteiger partial charge in [0, 0.05) is 18.1 Å². The maximum Gasteiger partial charge on any atom is 0.329 e. The Hall–Kier alpha value is -3.80. The van der Waals surface area contributed by atoms with Crippen molar-refractivity contribution in [1.82, 2.24) is 14.8 Å². The van der Waals surface area contributed by atoms with Crippen LogP contribution in [0.4, 0.5) is 4.79 Å². The number of rotatable bonds is 5. The normalized spacial score (nSPS) is 15.2. The summed E-state index contributed by atoms with van der Waals surface area (Å²) in [5.74, 6) is 0.460. The van der Waals surface area contributed by atoms with Crippen LogP contribution < -0.4 is 10.1 Å². The molecule has 0 atom stereocenters. The molecular formula is C22H19N3O3. The fourth-order valence-electron chi connectivity index (χ4n) is 3.06. The fraction of sp³-hybridized carbons (Fsp3) is 0.0909. The van der Waals surface area contributed by atoms with Gasteiger partial charge in [-0.05, 0) is 47.5 Å². The quantitative estimate of drug-likeness (QED) is 0.549. The van der Waals surface area contributed by atoms with Crippen molar-refractivity contribution in [3.63, 3.8) is 0 Å². The van der Waals surface area contributed by atoms with Crippen molar-refractivity contribution in [3.05, 3.63) is 89.9 Å². The smallest absolute Gasteiger partial charge is 0.329 e. The zero-order valence-electron chi connectivity index (χ0n) is 15.3. The second kappa shape index (κ2) is 7.44. The Balaban J connectivity index is 1.52. The predicted molar refractivity (Wildman–Crippen MR) is 106 cm³/mol. The van der Waals surface area contributed by atoms with Gasteiger partial charge in [0.05, 0.1) is 13.7 Å². The first-order valence-corrected chi connectivity index (χ1v) is 8.85. The molecule has 1 fully saturated rings. The molecular weight excluding hydrogens is 354 g/mol. The molecule has 28 heavy (non-hydrogen) atoms. The van der Waals surface area contributed by atoms with Crippen molar-refractivity contribution in [2.24, 2.45) is 0 Å². The fourth-order valence-corrected chi connectivity index (χ4v) is 3.06. The van der Waals surface area contributed by atoms with Crippen molar-refractivity contribution >= 4 is 18.0 Å². The van der Waals surface area contributed by atoms with Crippen molar-refractivity contribution < 1.29 is 14.3 Å². The van der Waals surface area contributed by atoms with Gasteiger partial charge in [-0.15, -0.1) is 0 Å². The molecule has 3 amide bonds. The summed E-state index contributed by atoms with van der Waals surface area (Å²) in [6, 6.07) is 18.6. The third-order valence-corrected chi connectivity index (χ3v) is 4.54. The predicted octanol–water partition coefficient (Wildman–Crippen LogP) is 3.58. The minimum absolute atomic E-state index is 0.246. The molecule has 1 aromatic heterocycles. The van der Waals surface area contributed by atoms with Crippen molar-refractivity contribution in [1.29, 1.82) is 0 Å². The van der Waals surface area contributed by atoms with E-state index in [0.717, 1.165) is 22.6 Å². The number of benzene rings is 2. The average molecular weight is 373 g/mol. The van der Waals surface area contributed by atoms with Crippen LogP contribution in [0.15, 0.2) is 78.8 Å². The molecule has 1 aliphatic rings. The minimum Gasteiger partial charge on any atom is -0.497 e. The Kier molecular flexibility index (Phi) is 4.68. The third kappa shape index (κ3) is 3.53. The Morgan fingerprint density at radius 1 is 1.00 bits per heavy atom.